The average molecular weight is 341 g/mol. The van der Waals surface area contributed by atoms with Crippen LogP contribution in [0.3, 0.4) is 0 Å². The van der Waals surface area contributed by atoms with Crippen molar-refractivity contribution in [3.63, 3.8) is 0 Å². The van der Waals surface area contributed by atoms with Crippen LogP contribution in [0.25, 0.3) is 0 Å². The normalized spacial score (nSPS) is 27.5. The van der Waals surface area contributed by atoms with Crippen LogP contribution in [-0.4, -0.2) is 38.5 Å². The lowest BCUT2D eigenvalue weighted by molar-refractivity contribution is 0.0718. The molecule has 1 atom stereocenters. The van der Waals surface area contributed by atoms with Gasteiger partial charge in [-0.05, 0) is 49.3 Å². The van der Waals surface area contributed by atoms with Crippen LogP contribution >= 0.6 is 12.4 Å². The van der Waals surface area contributed by atoms with Crippen molar-refractivity contribution >= 4 is 24.2 Å². The summed E-state index contributed by atoms with van der Waals surface area (Å²) in [6.45, 7) is 0.979. The van der Waals surface area contributed by atoms with Crippen LogP contribution in [0.15, 0.2) is 24.3 Å². The lowest BCUT2D eigenvalue weighted by atomic mass is 9.82. The van der Waals surface area contributed by atoms with Gasteiger partial charge >= 0.3 is 6.09 Å². The third kappa shape index (κ3) is 4.16. The lowest BCUT2D eigenvalue weighted by Gasteiger charge is -2.26. The fraction of sp³-hybridized carbons (Fsp3) is 0.588. The molecule has 0 radical (unpaired) electrons. The molecule has 2 aliphatic rings. The van der Waals surface area contributed by atoms with Crippen molar-refractivity contribution in [2.45, 2.75) is 43.7 Å². The Labute approximate surface area is 143 Å². The highest BCUT2D eigenvalue weighted by atomic mass is 35.5. The maximum absolute atomic E-state index is 11.9. The molecule has 1 saturated carbocycles. The molecule has 0 aromatic heterocycles. The number of amides is 1. The fourth-order valence-electron chi connectivity index (χ4n) is 3.38. The molecule has 1 aliphatic carbocycles. The molecule has 1 aromatic rings. The zero-order chi connectivity index (χ0) is 15.5. The monoisotopic (exact) mass is 340 g/mol. The van der Waals surface area contributed by atoms with E-state index in [0.29, 0.717) is 25.1 Å². The Kier molecular flexibility index (Phi) is 6.27. The van der Waals surface area contributed by atoms with Crippen LogP contribution in [0.1, 0.15) is 37.2 Å². The number of hydrogen-bond acceptors (Lipinski definition) is 4. The molecule has 2 fully saturated rings. The van der Waals surface area contributed by atoms with Crippen LogP contribution in [-0.2, 0) is 9.47 Å². The zero-order valence-electron chi connectivity index (χ0n) is 13.4. The van der Waals surface area contributed by atoms with E-state index in [4.69, 9.17) is 15.2 Å². The first kappa shape index (κ1) is 18.0. The molecule has 1 amide bonds. The van der Waals surface area contributed by atoms with Gasteiger partial charge in [-0.25, -0.2) is 4.79 Å². The summed E-state index contributed by atoms with van der Waals surface area (Å²) in [7, 11) is 1.61. The number of carbonyl (C=O) groups is 1. The Balaban J connectivity index is 0.00000192. The molecule has 6 heteroatoms. The van der Waals surface area contributed by atoms with E-state index in [1.54, 1.807) is 12.0 Å². The molecule has 3 rings (SSSR count). The maximum atomic E-state index is 11.9. The summed E-state index contributed by atoms with van der Waals surface area (Å²) in [4.78, 5) is 13.6. The van der Waals surface area contributed by atoms with Gasteiger partial charge in [0.2, 0.25) is 0 Å². The molecule has 2 N–H and O–H groups in total. The second-order valence-corrected chi connectivity index (χ2v) is 6.27. The predicted molar refractivity (Wildman–Crippen MR) is 92.4 cm³/mol. The molecule has 1 saturated heterocycles. The van der Waals surface area contributed by atoms with Gasteiger partial charge in [0.1, 0.15) is 6.10 Å². The number of halogens is 1. The van der Waals surface area contributed by atoms with Gasteiger partial charge in [0.25, 0.3) is 0 Å². The van der Waals surface area contributed by atoms with Crippen molar-refractivity contribution < 1.29 is 14.3 Å². The second kappa shape index (κ2) is 7.99. The fourth-order valence-corrected chi connectivity index (χ4v) is 3.38. The molecular formula is C17H25ClN2O3. The van der Waals surface area contributed by atoms with Crippen LogP contribution < -0.4 is 10.6 Å². The smallest absolute Gasteiger partial charge is 0.414 e. The van der Waals surface area contributed by atoms with Gasteiger partial charge < -0.3 is 15.2 Å². The minimum atomic E-state index is -0.293. The van der Waals surface area contributed by atoms with Gasteiger partial charge in [0, 0.05) is 18.8 Å². The summed E-state index contributed by atoms with van der Waals surface area (Å²) in [5.41, 5.74) is 8.20. The van der Waals surface area contributed by atoms with E-state index >= 15 is 0 Å². The van der Waals surface area contributed by atoms with Gasteiger partial charge in [0.15, 0.2) is 0 Å². The van der Waals surface area contributed by atoms with Crippen LogP contribution in [0.4, 0.5) is 10.5 Å². The number of nitrogens with two attached hydrogens (primary N) is 1. The summed E-state index contributed by atoms with van der Waals surface area (Å²) in [6.07, 6.45) is 4.03. The lowest BCUT2D eigenvalue weighted by Crippen LogP contribution is -2.26. The quantitative estimate of drug-likeness (QED) is 0.914. The van der Waals surface area contributed by atoms with Crippen molar-refractivity contribution in [2.24, 2.45) is 5.73 Å². The highest BCUT2D eigenvalue weighted by molar-refractivity contribution is 5.89. The van der Waals surface area contributed by atoms with E-state index in [1.165, 1.54) is 5.56 Å². The first-order valence-electron chi connectivity index (χ1n) is 8.00. The Hall–Kier alpha value is -1.30. The van der Waals surface area contributed by atoms with Crippen LogP contribution in [0.5, 0.6) is 0 Å². The van der Waals surface area contributed by atoms with Crippen molar-refractivity contribution in [3.05, 3.63) is 29.8 Å². The largest absolute Gasteiger partial charge is 0.441 e. The van der Waals surface area contributed by atoms with Gasteiger partial charge in [-0.3, -0.25) is 4.90 Å². The number of carbonyl (C=O) groups excluding carboxylic acids is 1. The molecule has 1 heterocycles. The van der Waals surface area contributed by atoms with Gasteiger partial charge in [-0.2, -0.15) is 0 Å². The number of cyclic esters (lactones) is 1. The van der Waals surface area contributed by atoms with Crippen molar-refractivity contribution in [1.29, 1.82) is 0 Å². The molecule has 1 aliphatic heterocycles. The van der Waals surface area contributed by atoms with E-state index in [0.717, 1.165) is 31.4 Å². The third-order valence-electron chi connectivity index (χ3n) is 4.67. The topological polar surface area (TPSA) is 64.8 Å². The number of anilines is 1. The van der Waals surface area contributed by atoms with Crippen molar-refractivity contribution in [3.8, 4) is 0 Å². The van der Waals surface area contributed by atoms with Gasteiger partial charge in [-0.1, -0.05) is 12.1 Å². The van der Waals surface area contributed by atoms with E-state index < -0.39 is 0 Å². The minimum absolute atomic E-state index is 0. The predicted octanol–water partition coefficient (Wildman–Crippen LogP) is 3.06. The first-order valence-corrected chi connectivity index (χ1v) is 8.00. The average Bonchev–Trinajstić information content (AvgIpc) is 2.89. The summed E-state index contributed by atoms with van der Waals surface area (Å²) < 4.78 is 10.3. The number of rotatable bonds is 4. The van der Waals surface area contributed by atoms with E-state index in [1.807, 2.05) is 12.1 Å². The number of ether oxygens (including phenoxy) is 2. The summed E-state index contributed by atoms with van der Waals surface area (Å²) in [5, 5.41) is 0. The number of nitrogens with zero attached hydrogens (tertiary/aromatic N) is 1. The zero-order valence-corrected chi connectivity index (χ0v) is 14.3. The molecule has 1 aromatic carbocycles. The van der Waals surface area contributed by atoms with E-state index in [2.05, 4.69) is 12.1 Å². The molecule has 5 nitrogen and oxygen atoms in total. The molecule has 0 spiro atoms. The number of hydrogen-bond donors (Lipinski definition) is 1. The Morgan fingerprint density at radius 2 is 1.87 bits per heavy atom. The molecule has 23 heavy (non-hydrogen) atoms. The first-order chi connectivity index (χ1) is 10.7. The molecule has 128 valence electrons. The summed E-state index contributed by atoms with van der Waals surface area (Å²) in [5.74, 6) is 0.598. The molecule has 0 bridgehead atoms. The van der Waals surface area contributed by atoms with Crippen LogP contribution in [0.2, 0.25) is 0 Å². The second-order valence-electron chi connectivity index (χ2n) is 6.27. The highest BCUT2D eigenvalue weighted by Gasteiger charge is 2.32. The SMILES string of the molecule is COCC1CN(c2ccc([C@H]3CC[C@H](N)CC3)cc2)C(=O)O1.Cl. The van der Waals surface area contributed by atoms with Crippen molar-refractivity contribution in [2.75, 3.05) is 25.2 Å². The van der Waals surface area contributed by atoms with Gasteiger partial charge in [-0.15, -0.1) is 12.4 Å². The maximum Gasteiger partial charge on any atom is 0.414 e. The summed E-state index contributed by atoms with van der Waals surface area (Å²) >= 11 is 0. The summed E-state index contributed by atoms with van der Waals surface area (Å²) in [6, 6.07) is 8.66. The third-order valence-corrected chi connectivity index (χ3v) is 4.67. The highest BCUT2D eigenvalue weighted by Crippen LogP contribution is 2.33. The van der Waals surface area contributed by atoms with E-state index in [9.17, 15) is 4.79 Å². The van der Waals surface area contributed by atoms with E-state index in [-0.39, 0.29) is 24.6 Å². The molecule has 1 unspecified atom stereocenters. The Bertz CT molecular complexity index is 515. The Morgan fingerprint density at radius 3 is 2.48 bits per heavy atom. The van der Waals surface area contributed by atoms with Crippen LogP contribution in [0, 0.1) is 0 Å². The van der Waals surface area contributed by atoms with Gasteiger partial charge in [0.05, 0.1) is 13.2 Å². The van der Waals surface area contributed by atoms with Crippen molar-refractivity contribution in [1.82, 2.24) is 0 Å². The molecular weight excluding hydrogens is 316 g/mol. The standard InChI is InChI=1S/C17H24N2O3.ClH/c1-21-11-16-10-19(17(20)22-16)15-8-4-13(5-9-15)12-2-6-14(18)7-3-12;/h4-5,8-9,12,14,16H,2-3,6-7,10-11,18H2,1H3;1H/t12-,14-,16?;. The number of methoxy groups -OCH3 is 1. The number of benzene rings is 1. The Morgan fingerprint density at radius 1 is 1.22 bits per heavy atom. The minimum Gasteiger partial charge on any atom is -0.441 e.